The molecule has 3 nitrogen and oxygen atoms in total. The Hall–Kier alpha value is -1.68. The summed E-state index contributed by atoms with van der Waals surface area (Å²) in [6, 6.07) is 10.1. The first kappa shape index (κ1) is 14.3. The minimum absolute atomic E-state index is 0.267. The molecule has 0 saturated carbocycles. The SMILES string of the molecule is O=C(Cc1cccs1)N1CCC[C@H](Cc2ccccn2)C1. The van der Waals surface area contributed by atoms with Gasteiger partial charge in [-0.15, -0.1) is 11.3 Å². The summed E-state index contributed by atoms with van der Waals surface area (Å²) in [5, 5.41) is 2.03. The average Bonchev–Trinajstić information content (AvgIpc) is 3.01. The molecule has 1 saturated heterocycles. The molecule has 110 valence electrons. The molecule has 1 amide bonds. The minimum Gasteiger partial charge on any atom is -0.342 e. The molecule has 0 unspecified atom stereocenters. The van der Waals surface area contributed by atoms with Crippen molar-refractivity contribution in [3.63, 3.8) is 0 Å². The standard InChI is InChI=1S/C17H20N2OS/c20-17(12-16-7-4-10-21-16)19-9-3-5-14(13-19)11-15-6-1-2-8-18-15/h1-2,4,6-8,10,14H,3,5,9,11-13H2/t14-/m1/s1. The average molecular weight is 300 g/mol. The van der Waals surface area contributed by atoms with Gasteiger partial charge >= 0.3 is 0 Å². The van der Waals surface area contributed by atoms with Crippen LogP contribution in [0.2, 0.25) is 0 Å². The quantitative estimate of drug-likeness (QED) is 0.869. The third-order valence-electron chi connectivity index (χ3n) is 4.00. The van der Waals surface area contributed by atoms with Crippen molar-refractivity contribution in [1.82, 2.24) is 9.88 Å². The first-order chi connectivity index (χ1) is 10.3. The van der Waals surface area contributed by atoms with E-state index >= 15 is 0 Å². The normalized spacial score (nSPS) is 18.7. The van der Waals surface area contributed by atoms with Crippen LogP contribution in [0.5, 0.6) is 0 Å². The lowest BCUT2D eigenvalue weighted by molar-refractivity contribution is -0.132. The molecule has 0 aliphatic carbocycles. The van der Waals surface area contributed by atoms with Crippen molar-refractivity contribution >= 4 is 17.2 Å². The van der Waals surface area contributed by atoms with Crippen LogP contribution in [0.15, 0.2) is 41.9 Å². The fourth-order valence-corrected chi connectivity index (χ4v) is 3.64. The number of piperidine rings is 1. The van der Waals surface area contributed by atoms with E-state index in [0.717, 1.165) is 36.5 Å². The highest BCUT2D eigenvalue weighted by Crippen LogP contribution is 2.21. The van der Waals surface area contributed by atoms with Crippen LogP contribution in [0, 0.1) is 5.92 Å². The van der Waals surface area contributed by atoms with Gasteiger partial charge in [-0.25, -0.2) is 0 Å². The molecule has 1 fully saturated rings. The molecule has 3 heterocycles. The van der Waals surface area contributed by atoms with E-state index in [1.54, 1.807) is 11.3 Å². The number of rotatable bonds is 4. The van der Waals surface area contributed by atoms with Gasteiger partial charge < -0.3 is 4.90 Å². The molecule has 2 aromatic rings. The minimum atomic E-state index is 0.267. The van der Waals surface area contributed by atoms with E-state index in [2.05, 4.69) is 11.1 Å². The van der Waals surface area contributed by atoms with Crippen molar-refractivity contribution in [3.8, 4) is 0 Å². The van der Waals surface area contributed by atoms with Gasteiger partial charge in [-0.05, 0) is 48.8 Å². The lowest BCUT2D eigenvalue weighted by atomic mass is 9.93. The Morgan fingerprint density at radius 3 is 3.05 bits per heavy atom. The van der Waals surface area contributed by atoms with E-state index in [9.17, 15) is 4.79 Å². The van der Waals surface area contributed by atoms with E-state index in [-0.39, 0.29) is 5.91 Å². The number of hydrogen-bond donors (Lipinski definition) is 0. The van der Waals surface area contributed by atoms with Crippen molar-refractivity contribution in [2.45, 2.75) is 25.7 Å². The highest BCUT2D eigenvalue weighted by Gasteiger charge is 2.24. The second-order valence-electron chi connectivity index (χ2n) is 5.63. The van der Waals surface area contributed by atoms with Gasteiger partial charge in [0.25, 0.3) is 0 Å². The smallest absolute Gasteiger partial charge is 0.227 e. The molecule has 0 N–H and O–H groups in total. The van der Waals surface area contributed by atoms with Crippen molar-refractivity contribution in [1.29, 1.82) is 0 Å². The third kappa shape index (κ3) is 3.91. The second-order valence-corrected chi connectivity index (χ2v) is 6.66. The van der Waals surface area contributed by atoms with Gasteiger partial charge in [0.05, 0.1) is 6.42 Å². The first-order valence-electron chi connectivity index (χ1n) is 7.51. The molecule has 0 aromatic carbocycles. The summed E-state index contributed by atoms with van der Waals surface area (Å²) in [6.07, 6.45) is 5.67. The van der Waals surface area contributed by atoms with Gasteiger partial charge in [0.2, 0.25) is 5.91 Å². The second kappa shape index (κ2) is 6.85. The van der Waals surface area contributed by atoms with E-state index < -0.39 is 0 Å². The lowest BCUT2D eigenvalue weighted by Crippen LogP contribution is -2.41. The van der Waals surface area contributed by atoms with E-state index in [4.69, 9.17) is 0 Å². The molecule has 1 aliphatic rings. The van der Waals surface area contributed by atoms with Crippen LogP contribution in [0.3, 0.4) is 0 Å². The molecule has 4 heteroatoms. The van der Waals surface area contributed by atoms with E-state index in [1.165, 1.54) is 6.42 Å². The Morgan fingerprint density at radius 1 is 1.33 bits per heavy atom. The number of aromatic nitrogens is 1. The Bertz CT molecular complexity index is 568. The largest absolute Gasteiger partial charge is 0.342 e. The predicted octanol–water partition coefficient (Wildman–Crippen LogP) is 3.17. The molecule has 21 heavy (non-hydrogen) atoms. The van der Waals surface area contributed by atoms with E-state index in [1.807, 2.05) is 40.7 Å². The molecule has 3 rings (SSSR count). The molecule has 1 aliphatic heterocycles. The number of amides is 1. The number of hydrogen-bond acceptors (Lipinski definition) is 3. The van der Waals surface area contributed by atoms with Gasteiger partial charge in [0.1, 0.15) is 0 Å². The van der Waals surface area contributed by atoms with Gasteiger partial charge in [-0.1, -0.05) is 12.1 Å². The number of likely N-dealkylation sites (tertiary alicyclic amines) is 1. The van der Waals surface area contributed by atoms with E-state index in [0.29, 0.717) is 12.3 Å². The number of nitrogens with zero attached hydrogens (tertiary/aromatic N) is 2. The summed E-state index contributed by atoms with van der Waals surface area (Å²) in [7, 11) is 0. The van der Waals surface area contributed by atoms with Gasteiger partial charge in [-0.3, -0.25) is 9.78 Å². The monoisotopic (exact) mass is 300 g/mol. The number of carbonyl (C=O) groups excluding carboxylic acids is 1. The van der Waals surface area contributed by atoms with Crippen molar-refractivity contribution in [3.05, 3.63) is 52.5 Å². The Labute approximate surface area is 129 Å². The maximum atomic E-state index is 12.4. The zero-order chi connectivity index (χ0) is 14.5. The third-order valence-corrected chi connectivity index (χ3v) is 4.88. The Kier molecular flexibility index (Phi) is 4.65. The van der Waals surface area contributed by atoms with Crippen LogP contribution in [0.1, 0.15) is 23.4 Å². The Balaban J connectivity index is 1.56. The molecule has 0 bridgehead atoms. The maximum Gasteiger partial charge on any atom is 0.227 e. The number of carbonyl (C=O) groups is 1. The first-order valence-corrected chi connectivity index (χ1v) is 8.39. The Morgan fingerprint density at radius 2 is 2.29 bits per heavy atom. The maximum absolute atomic E-state index is 12.4. The molecule has 1 atom stereocenters. The summed E-state index contributed by atoms with van der Waals surface area (Å²) in [4.78, 5) is 20.0. The van der Waals surface area contributed by atoms with Crippen molar-refractivity contribution < 1.29 is 4.79 Å². The van der Waals surface area contributed by atoms with Crippen LogP contribution in [0.25, 0.3) is 0 Å². The fourth-order valence-electron chi connectivity index (χ4n) is 2.95. The summed E-state index contributed by atoms with van der Waals surface area (Å²) >= 11 is 1.66. The molecule has 0 radical (unpaired) electrons. The topological polar surface area (TPSA) is 33.2 Å². The molecular weight excluding hydrogens is 280 g/mol. The number of thiophene rings is 1. The molecular formula is C17H20N2OS. The van der Waals surface area contributed by atoms with Crippen molar-refractivity contribution in [2.24, 2.45) is 5.92 Å². The predicted molar refractivity (Wildman–Crippen MR) is 85.3 cm³/mol. The highest BCUT2D eigenvalue weighted by molar-refractivity contribution is 7.10. The van der Waals surface area contributed by atoms with Crippen LogP contribution < -0.4 is 0 Å². The highest BCUT2D eigenvalue weighted by atomic mass is 32.1. The van der Waals surface area contributed by atoms with Crippen LogP contribution in [-0.4, -0.2) is 28.9 Å². The van der Waals surface area contributed by atoms with Gasteiger partial charge in [0, 0.05) is 29.9 Å². The molecule has 2 aromatic heterocycles. The van der Waals surface area contributed by atoms with Gasteiger partial charge in [0.15, 0.2) is 0 Å². The zero-order valence-electron chi connectivity index (χ0n) is 12.1. The van der Waals surface area contributed by atoms with Crippen LogP contribution in [0.4, 0.5) is 0 Å². The fraction of sp³-hybridized carbons (Fsp3) is 0.412. The van der Waals surface area contributed by atoms with Crippen LogP contribution in [-0.2, 0) is 17.6 Å². The lowest BCUT2D eigenvalue weighted by Gasteiger charge is -2.32. The van der Waals surface area contributed by atoms with Crippen LogP contribution >= 0.6 is 11.3 Å². The number of pyridine rings is 1. The zero-order valence-corrected chi connectivity index (χ0v) is 12.9. The summed E-state index contributed by atoms with van der Waals surface area (Å²) in [5.41, 5.74) is 1.13. The van der Waals surface area contributed by atoms with Crippen molar-refractivity contribution in [2.75, 3.05) is 13.1 Å². The summed E-state index contributed by atoms with van der Waals surface area (Å²) in [6.45, 7) is 1.78. The molecule has 0 spiro atoms. The summed E-state index contributed by atoms with van der Waals surface area (Å²) < 4.78 is 0. The summed E-state index contributed by atoms with van der Waals surface area (Å²) in [5.74, 6) is 0.809. The van der Waals surface area contributed by atoms with Gasteiger partial charge in [-0.2, -0.15) is 0 Å².